The van der Waals surface area contributed by atoms with Gasteiger partial charge in [-0.2, -0.15) is 0 Å². The first kappa shape index (κ1) is 12.4. The van der Waals surface area contributed by atoms with Crippen LogP contribution in [-0.4, -0.2) is 9.13 Å². The van der Waals surface area contributed by atoms with Crippen molar-refractivity contribution in [2.75, 3.05) is 5.73 Å². The van der Waals surface area contributed by atoms with Gasteiger partial charge in [0.15, 0.2) is 0 Å². The van der Waals surface area contributed by atoms with Crippen molar-refractivity contribution in [1.82, 2.24) is 9.13 Å². The van der Waals surface area contributed by atoms with Gasteiger partial charge in [-0.3, -0.25) is 9.13 Å². The molecule has 96 valence electrons. The molecule has 1 aromatic heterocycles. The highest BCUT2D eigenvalue weighted by Gasteiger charge is 2.08. The van der Waals surface area contributed by atoms with Crippen molar-refractivity contribution in [2.45, 2.75) is 26.4 Å². The first-order valence-electron chi connectivity index (χ1n) is 5.80. The summed E-state index contributed by atoms with van der Waals surface area (Å²) in [5.74, 6) is -0.351. The molecule has 0 radical (unpaired) electrons. The zero-order valence-electron chi connectivity index (χ0n) is 10.4. The number of aromatic nitrogens is 2. The lowest BCUT2D eigenvalue weighted by atomic mass is 10.2. The number of anilines is 1. The Bertz CT molecular complexity index is 613. The summed E-state index contributed by atoms with van der Waals surface area (Å²) in [7, 11) is 0. The lowest BCUT2D eigenvalue weighted by Crippen LogP contribution is -2.25. The molecule has 2 N–H and O–H groups in total. The Hall–Kier alpha value is -2.04. The minimum absolute atomic E-state index is 0.101. The van der Waals surface area contributed by atoms with E-state index in [0.29, 0.717) is 11.3 Å². The summed E-state index contributed by atoms with van der Waals surface area (Å²) in [5, 5.41) is 0. The van der Waals surface area contributed by atoms with Crippen LogP contribution < -0.4 is 11.4 Å². The molecule has 0 saturated heterocycles. The summed E-state index contributed by atoms with van der Waals surface area (Å²) < 4.78 is 16.3. The molecule has 0 aliphatic rings. The summed E-state index contributed by atoms with van der Waals surface area (Å²) >= 11 is 0. The molecular formula is C13H16FN3O. The molecule has 0 saturated carbocycles. The van der Waals surface area contributed by atoms with E-state index in [1.165, 1.54) is 22.8 Å². The third-order valence-corrected chi connectivity index (χ3v) is 2.88. The fourth-order valence-electron chi connectivity index (χ4n) is 1.84. The van der Waals surface area contributed by atoms with Crippen LogP contribution in [0.15, 0.2) is 35.4 Å². The van der Waals surface area contributed by atoms with E-state index >= 15 is 0 Å². The van der Waals surface area contributed by atoms with Crippen LogP contribution in [0.3, 0.4) is 0 Å². The normalized spacial score (nSPS) is 11.1. The van der Waals surface area contributed by atoms with Crippen LogP contribution in [0, 0.1) is 5.82 Å². The van der Waals surface area contributed by atoms with E-state index in [0.717, 1.165) is 0 Å². The number of halogens is 1. The largest absolute Gasteiger partial charge is 0.398 e. The number of nitrogen functional groups attached to an aromatic ring is 1. The summed E-state index contributed by atoms with van der Waals surface area (Å²) in [5.41, 5.74) is 6.74. The first-order chi connectivity index (χ1) is 8.49. The van der Waals surface area contributed by atoms with E-state index in [1.807, 2.05) is 13.8 Å². The van der Waals surface area contributed by atoms with Crippen molar-refractivity contribution in [3.63, 3.8) is 0 Å². The minimum atomic E-state index is -0.351. The molecule has 0 amide bonds. The van der Waals surface area contributed by atoms with Crippen LogP contribution in [0.2, 0.25) is 0 Å². The second-order valence-corrected chi connectivity index (χ2v) is 4.55. The Balaban J connectivity index is 2.35. The van der Waals surface area contributed by atoms with Gasteiger partial charge in [0.05, 0.1) is 6.54 Å². The molecule has 0 fully saturated rings. The second-order valence-electron chi connectivity index (χ2n) is 4.55. The zero-order valence-corrected chi connectivity index (χ0v) is 10.4. The van der Waals surface area contributed by atoms with Crippen LogP contribution in [0.5, 0.6) is 0 Å². The molecule has 0 atom stereocenters. The molecular weight excluding hydrogens is 233 g/mol. The maximum atomic E-state index is 13.1. The third kappa shape index (κ3) is 2.30. The van der Waals surface area contributed by atoms with Crippen molar-refractivity contribution in [2.24, 2.45) is 0 Å². The molecule has 0 spiro atoms. The fraction of sp³-hybridized carbons (Fsp3) is 0.308. The van der Waals surface area contributed by atoms with Gasteiger partial charge in [0.1, 0.15) is 5.82 Å². The van der Waals surface area contributed by atoms with E-state index in [9.17, 15) is 9.18 Å². The van der Waals surface area contributed by atoms with Crippen molar-refractivity contribution < 1.29 is 4.39 Å². The third-order valence-electron chi connectivity index (χ3n) is 2.88. The number of imidazole rings is 1. The van der Waals surface area contributed by atoms with Gasteiger partial charge in [-0.1, -0.05) is 0 Å². The number of nitrogens with zero attached hydrogens (tertiary/aromatic N) is 2. The lowest BCUT2D eigenvalue weighted by molar-refractivity contribution is 0.560. The van der Waals surface area contributed by atoms with Crippen molar-refractivity contribution >= 4 is 5.69 Å². The number of rotatable bonds is 3. The maximum Gasteiger partial charge on any atom is 0.328 e. The Morgan fingerprint density at radius 3 is 2.67 bits per heavy atom. The van der Waals surface area contributed by atoms with Crippen molar-refractivity contribution in [1.29, 1.82) is 0 Å². The Morgan fingerprint density at radius 1 is 1.33 bits per heavy atom. The topological polar surface area (TPSA) is 52.9 Å². The minimum Gasteiger partial charge on any atom is -0.398 e. The van der Waals surface area contributed by atoms with Gasteiger partial charge in [-0.15, -0.1) is 0 Å². The standard InChI is InChI=1S/C13H16FN3O/c1-9(2)17-6-5-16(13(17)18)8-10-7-11(14)3-4-12(10)15/h3-7,9H,8,15H2,1-2H3. The van der Waals surface area contributed by atoms with Gasteiger partial charge in [-0.25, -0.2) is 9.18 Å². The highest BCUT2D eigenvalue weighted by atomic mass is 19.1. The summed E-state index contributed by atoms with van der Waals surface area (Å²) in [6.45, 7) is 4.15. The molecule has 5 heteroatoms. The van der Waals surface area contributed by atoms with Gasteiger partial charge in [0.25, 0.3) is 0 Å². The smallest absolute Gasteiger partial charge is 0.328 e. The van der Waals surface area contributed by atoms with Crippen LogP contribution in [0.4, 0.5) is 10.1 Å². The van der Waals surface area contributed by atoms with Gasteiger partial charge in [0, 0.05) is 24.1 Å². The molecule has 1 aromatic carbocycles. The Kier molecular flexibility index (Phi) is 3.23. The maximum absolute atomic E-state index is 13.1. The molecule has 0 aliphatic carbocycles. The first-order valence-corrected chi connectivity index (χ1v) is 5.80. The van der Waals surface area contributed by atoms with Gasteiger partial charge < -0.3 is 5.73 Å². The Morgan fingerprint density at radius 2 is 2.06 bits per heavy atom. The SMILES string of the molecule is CC(C)n1ccn(Cc2cc(F)ccc2N)c1=O. The Labute approximate surface area is 104 Å². The summed E-state index contributed by atoms with van der Waals surface area (Å²) in [4.78, 5) is 12.0. The molecule has 0 aliphatic heterocycles. The lowest BCUT2D eigenvalue weighted by Gasteiger charge is -2.07. The molecule has 0 bridgehead atoms. The molecule has 18 heavy (non-hydrogen) atoms. The predicted molar refractivity (Wildman–Crippen MR) is 69.0 cm³/mol. The van der Waals surface area contributed by atoms with Crippen LogP contribution in [0.25, 0.3) is 0 Å². The van der Waals surface area contributed by atoms with Crippen LogP contribution in [-0.2, 0) is 6.54 Å². The number of benzene rings is 1. The van der Waals surface area contributed by atoms with Crippen LogP contribution in [0.1, 0.15) is 25.5 Å². The highest BCUT2D eigenvalue weighted by molar-refractivity contribution is 5.46. The predicted octanol–water partition coefficient (Wildman–Crippen LogP) is 2.00. The number of hydrogen-bond donors (Lipinski definition) is 1. The highest BCUT2D eigenvalue weighted by Crippen LogP contribution is 2.14. The summed E-state index contributed by atoms with van der Waals surface area (Å²) in [6, 6.07) is 4.27. The van der Waals surface area contributed by atoms with Gasteiger partial charge in [-0.05, 0) is 37.6 Å². The fourth-order valence-corrected chi connectivity index (χ4v) is 1.84. The molecule has 0 unspecified atom stereocenters. The molecule has 1 heterocycles. The monoisotopic (exact) mass is 249 g/mol. The van der Waals surface area contributed by atoms with Crippen molar-refractivity contribution in [3.05, 3.63) is 52.5 Å². The quantitative estimate of drug-likeness (QED) is 0.846. The van der Waals surface area contributed by atoms with Crippen LogP contribution >= 0.6 is 0 Å². The molecule has 2 aromatic rings. The second kappa shape index (κ2) is 4.68. The summed E-state index contributed by atoms with van der Waals surface area (Å²) in [6.07, 6.45) is 3.41. The average Bonchev–Trinajstić information content (AvgIpc) is 2.66. The molecule has 4 nitrogen and oxygen atoms in total. The van der Waals surface area contributed by atoms with E-state index in [4.69, 9.17) is 5.73 Å². The van der Waals surface area contributed by atoms with E-state index < -0.39 is 0 Å². The number of nitrogens with two attached hydrogens (primary N) is 1. The van der Waals surface area contributed by atoms with Gasteiger partial charge >= 0.3 is 5.69 Å². The van der Waals surface area contributed by atoms with E-state index in [2.05, 4.69) is 0 Å². The van der Waals surface area contributed by atoms with E-state index in [-0.39, 0.29) is 24.1 Å². The van der Waals surface area contributed by atoms with Crippen molar-refractivity contribution in [3.8, 4) is 0 Å². The van der Waals surface area contributed by atoms with Gasteiger partial charge in [0.2, 0.25) is 0 Å². The number of hydrogen-bond acceptors (Lipinski definition) is 2. The molecule has 2 rings (SSSR count). The average molecular weight is 249 g/mol. The zero-order chi connectivity index (χ0) is 13.3. The van der Waals surface area contributed by atoms with E-state index in [1.54, 1.807) is 17.0 Å².